The third-order valence-corrected chi connectivity index (χ3v) is 4.09. The molecule has 3 N–H and O–H groups in total. The predicted molar refractivity (Wildman–Crippen MR) is 66.8 cm³/mol. The van der Waals surface area contributed by atoms with Gasteiger partial charge in [-0.15, -0.1) is 0 Å². The normalized spacial score (nSPS) is 20.4. The van der Waals surface area contributed by atoms with Gasteiger partial charge < -0.3 is 11.1 Å². The Balaban J connectivity index is 2.33. The molecule has 1 aliphatic rings. The highest BCUT2D eigenvalue weighted by molar-refractivity contribution is 4.87. The number of rotatable bonds is 6. The fraction of sp³-hybridized carbons (Fsp3) is 1.00. The van der Waals surface area contributed by atoms with Gasteiger partial charge in [-0.1, -0.05) is 34.1 Å². The van der Waals surface area contributed by atoms with Gasteiger partial charge in [0.1, 0.15) is 0 Å². The van der Waals surface area contributed by atoms with Crippen LogP contribution in [0.25, 0.3) is 0 Å². The Morgan fingerprint density at radius 3 is 2.27 bits per heavy atom. The molecule has 1 aliphatic carbocycles. The quantitative estimate of drug-likeness (QED) is 0.709. The fourth-order valence-electron chi connectivity index (χ4n) is 2.32. The van der Waals surface area contributed by atoms with E-state index in [1.54, 1.807) is 0 Å². The Morgan fingerprint density at radius 1 is 1.33 bits per heavy atom. The molecule has 2 nitrogen and oxygen atoms in total. The summed E-state index contributed by atoms with van der Waals surface area (Å²) in [6.45, 7) is 11.1. The van der Waals surface area contributed by atoms with Crippen molar-refractivity contribution in [3.63, 3.8) is 0 Å². The lowest BCUT2D eigenvalue weighted by Crippen LogP contribution is -2.47. The molecule has 0 saturated heterocycles. The molecule has 1 rings (SSSR count). The van der Waals surface area contributed by atoms with Crippen LogP contribution in [0.15, 0.2) is 0 Å². The second-order valence-electron chi connectivity index (χ2n) is 6.08. The monoisotopic (exact) mass is 212 g/mol. The van der Waals surface area contributed by atoms with Crippen LogP contribution < -0.4 is 11.1 Å². The molecular formula is C13H28N2. The van der Waals surface area contributed by atoms with Crippen molar-refractivity contribution in [1.82, 2.24) is 5.32 Å². The summed E-state index contributed by atoms with van der Waals surface area (Å²) in [6.07, 6.45) is 4.27. The minimum Gasteiger partial charge on any atom is -0.329 e. The molecule has 0 bridgehead atoms. The standard InChI is InChI=1S/C13H28N2/c1-10(2)12(8-14)15-9-13(3,4)11-6-5-7-11/h10-12,15H,5-9,14H2,1-4H3. The molecule has 0 spiro atoms. The third kappa shape index (κ3) is 3.46. The van der Waals surface area contributed by atoms with Crippen molar-refractivity contribution in [3.05, 3.63) is 0 Å². The molecule has 15 heavy (non-hydrogen) atoms. The summed E-state index contributed by atoms with van der Waals surface area (Å²) in [5, 5.41) is 3.63. The van der Waals surface area contributed by atoms with Crippen LogP contribution in [0.3, 0.4) is 0 Å². The van der Waals surface area contributed by atoms with Gasteiger partial charge in [0.2, 0.25) is 0 Å². The van der Waals surface area contributed by atoms with Gasteiger partial charge >= 0.3 is 0 Å². The van der Waals surface area contributed by atoms with Crippen molar-refractivity contribution in [2.75, 3.05) is 13.1 Å². The van der Waals surface area contributed by atoms with E-state index in [4.69, 9.17) is 5.73 Å². The van der Waals surface area contributed by atoms with Crippen molar-refractivity contribution >= 4 is 0 Å². The zero-order valence-corrected chi connectivity index (χ0v) is 10.8. The Kier molecular flexibility index (Phi) is 4.60. The number of nitrogens with two attached hydrogens (primary N) is 1. The van der Waals surface area contributed by atoms with Crippen LogP contribution in [-0.4, -0.2) is 19.1 Å². The van der Waals surface area contributed by atoms with E-state index in [2.05, 4.69) is 33.0 Å². The Labute approximate surface area is 95.0 Å². The molecule has 1 saturated carbocycles. The van der Waals surface area contributed by atoms with E-state index in [0.717, 1.165) is 19.0 Å². The first-order valence-corrected chi connectivity index (χ1v) is 6.41. The molecule has 0 radical (unpaired) electrons. The van der Waals surface area contributed by atoms with E-state index >= 15 is 0 Å². The number of nitrogens with one attached hydrogen (secondary N) is 1. The summed E-state index contributed by atoms with van der Waals surface area (Å²) < 4.78 is 0. The molecule has 1 atom stereocenters. The number of hydrogen-bond donors (Lipinski definition) is 2. The van der Waals surface area contributed by atoms with Gasteiger partial charge in [-0.3, -0.25) is 0 Å². The maximum Gasteiger partial charge on any atom is 0.0213 e. The van der Waals surface area contributed by atoms with E-state index in [-0.39, 0.29) is 0 Å². The van der Waals surface area contributed by atoms with E-state index < -0.39 is 0 Å². The van der Waals surface area contributed by atoms with Crippen molar-refractivity contribution in [3.8, 4) is 0 Å². The van der Waals surface area contributed by atoms with Crippen LogP contribution in [0.1, 0.15) is 47.0 Å². The van der Waals surface area contributed by atoms with Gasteiger partial charge in [0.05, 0.1) is 0 Å². The summed E-state index contributed by atoms with van der Waals surface area (Å²) in [6, 6.07) is 0.476. The molecule has 2 heteroatoms. The van der Waals surface area contributed by atoms with Gasteiger partial charge in [-0.2, -0.15) is 0 Å². The summed E-state index contributed by atoms with van der Waals surface area (Å²) >= 11 is 0. The van der Waals surface area contributed by atoms with E-state index in [1.807, 2.05) is 0 Å². The molecule has 0 aromatic rings. The van der Waals surface area contributed by atoms with Crippen molar-refractivity contribution < 1.29 is 0 Å². The highest BCUT2D eigenvalue weighted by Gasteiger charge is 2.33. The average molecular weight is 212 g/mol. The maximum atomic E-state index is 5.76. The summed E-state index contributed by atoms with van der Waals surface area (Å²) in [7, 11) is 0. The van der Waals surface area contributed by atoms with Crippen molar-refractivity contribution in [1.29, 1.82) is 0 Å². The zero-order valence-electron chi connectivity index (χ0n) is 10.8. The minimum atomic E-state index is 0.445. The first-order chi connectivity index (χ1) is 6.97. The third-order valence-electron chi connectivity index (χ3n) is 4.09. The first kappa shape index (κ1) is 13.0. The minimum absolute atomic E-state index is 0.445. The first-order valence-electron chi connectivity index (χ1n) is 6.41. The Morgan fingerprint density at radius 2 is 1.93 bits per heavy atom. The second-order valence-corrected chi connectivity index (χ2v) is 6.08. The summed E-state index contributed by atoms with van der Waals surface area (Å²) in [5.74, 6) is 1.56. The molecule has 0 heterocycles. The van der Waals surface area contributed by atoms with Crippen LogP contribution >= 0.6 is 0 Å². The fourth-order valence-corrected chi connectivity index (χ4v) is 2.32. The van der Waals surface area contributed by atoms with Crippen LogP contribution in [0.5, 0.6) is 0 Å². The van der Waals surface area contributed by atoms with Crippen LogP contribution in [0.2, 0.25) is 0 Å². The highest BCUT2D eigenvalue weighted by atomic mass is 14.9. The van der Waals surface area contributed by atoms with Gasteiger partial charge in [0.25, 0.3) is 0 Å². The van der Waals surface area contributed by atoms with E-state index in [0.29, 0.717) is 17.4 Å². The Hall–Kier alpha value is -0.0800. The molecule has 0 aliphatic heterocycles. The molecule has 1 unspecified atom stereocenters. The lowest BCUT2D eigenvalue weighted by atomic mass is 9.67. The van der Waals surface area contributed by atoms with Crippen molar-refractivity contribution in [2.24, 2.45) is 23.0 Å². The van der Waals surface area contributed by atoms with Gasteiger partial charge in [-0.05, 0) is 30.1 Å². The SMILES string of the molecule is CC(C)C(CN)NCC(C)(C)C1CCC1. The van der Waals surface area contributed by atoms with Crippen molar-refractivity contribution in [2.45, 2.75) is 53.0 Å². The van der Waals surface area contributed by atoms with Crippen LogP contribution in [0.4, 0.5) is 0 Å². The molecular weight excluding hydrogens is 184 g/mol. The molecule has 90 valence electrons. The molecule has 1 fully saturated rings. The lowest BCUT2D eigenvalue weighted by molar-refractivity contribution is 0.113. The van der Waals surface area contributed by atoms with E-state index in [1.165, 1.54) is 19.3 Å². The molecule has 0 aromatic heterocycles. The van der Waals surface area contributed by atoms with Gasteiger partial charge in [0.15, 0.2) is 0 Å². The zero-order chi connectivity index (χ0) is 11.5. The maximum absolute atomic E-state index is 5.76. The summed E-state index contributed by atoms with van der Waals surface area (Å²) in [4.78, 5) is 0. The smallest absolute Gasteiger partial charge is 0.0213 e. The van der Waals surface area contributed by atoms with Crippen LogP contribution in [-0.2, 0) is 0 Å². The number of hydrogen-bond acceptors (Lipinski definition) is 2. The van der Waals surface area contributed by atoms with Gasteiger partial charge in [-0.25, -0.2) is 0 Å². The lowest BCUT2D eigenvalue weighted by Gasteiger charge is -2.41. The topological polar surface area (TPSA) is 38.0 Å². The molecule has 0 amide bonds. The van der Waals surface area contributed by atoms with E-state index in [9.17, 15) is 0 Å². The second kappa shape index (κ2) is 5.31. The predicted octanol–water partition coefficient (Wildman–Crippen LogP) is 2.39. The average Bonchev–Trinajstić information content (AvgIpc) is 1.99. The largest absolute Gasteiger partial charge is 0.329 e. The van der Waals surface area contributed by atoms with Gasteiger partial charge in [0, 0.05) is 19.1 Å². The highest BCUT2D eigenvalue weighted by Crippen LogP contribution is 2.41. The van der Waals surface area contributed by atoms with Crippen LogP contribution in [0, 0.1) is 17.3 Å². The summed E-state index contributed by atoms with van der Waals surface area (Å²) in [5.41, 5.74) is 6.21. The Bertz CT molecular complexity index is 183. The molecule has 0 aromatic carbocycles.